The van der Waals surface area contributed by atoms with E-state index < -0.39 is 0 Å². The van der Waals surface area contributed by atoms with Crippen molar-refractivity contribution in [3.05, 3.63) is 42.0 Å². The molecule has 7 nitrogen and oxygen atoms in total. The monoisotopic (exact) mass is 379 g/mol. The van der Waals surface area contributed by atoms with Crippen LogP contribution in [0.1, 0.15) is 30.7 Å². The van der Waals surface area contributed by atoms with Crippen LogP contribution < -0.4 is 9.64 Å². The summed E-state index contributed by atoms with van der Waals surface area (Å²) in [7, 11) is 0. The molecule has 0 unspecified atom stereocenters. The zero-order chi connectivity index (χ0) is 18.9. The lowest BCUT2D eigenvalue weighted by Crippen LogP contribution is -2.45. The molecule has 0 amide bonds. The van der Waals surface area contributed by atoms with Gasteiger partial charge in [-0.05, 0) is 44.4 Å². The zero-order valence-electron chi connectivity index (χ0n) is 16.2. The largest absolute Gasteiger partial charge is 0.474 e. The topological polar surface area (TPSA) is 67.5 Å². The van der Waals surface area contributed by atoms with Crippen molar-refractivity contribution in [2.24, 2.45) is 0 Å². The molecule has 3 heterocycles. The van der Waals surface area contributed by atoms with Gasteiger partial charge in [0, 0.05) is 37.9 Å². The van der Waals surface area contributed by atoms with Crippen molar-refractivity contribution >= 4 is 16.6 Å². The third kappa shape index (κ3) is 3.54. The number of hydrogen-bond donors (Lipinski definition) is 0. The van der Waals surface area contributed by atoms with Crippen LogP contribution in [0.3, 0.4) is 0 Å². The molecule has 0 radical (unpaired) electrons. The van der Waals surface area contributed by atoms with Gasteiger partial charge < -0.3 is 14.2 Å². The number of hydrogen-bond acceptors (Lipinski definition) is 7. The molecular formula is C21H25N5O2. The van der Waals surface area contributed by atoms with E-state index >= 15 is 0 Å². The molecular weight excluding hydrogens is 354 g/mol. The summed E-state index contributed by atoms with van der Waals surface area (Å²) >= 11 is 0. The maximum atomic E-state index is 6.10. The van der Waals surface area contributed by atoms with E-state index in [1.807, 2.05) is 13.0 Å². The molecule has 1 aromatic carbocycles. The lowest BCUT2D eigenvalue weighted by atomic mass is 9.96. The summed E-state index contributed by atoms with van der Waals surface area (Å²) in [5, 5.41) is 4.98. The Morgan fingerprint density at radius 1 is 1.11 bits per heavy atom. The SMILES string of the molecule is Cc1cc(CN2CCN(c3ccc4ncnc(OC5CCC5)c4c3)CC2)on1. The minimum Gasteiger partial charge on any atom is -0.474 e. The van der Waals surface area contributed by atoms with E-state index in [-0.39, 0.29) is 0 Å². The molecule has 0 N–H and O–H groups in total. The summed E-state index contributed by atoms with van der Waals surface area (Å²) in [6.07, 6.45) is 5.40. The highest BCUT2D eigenvalue weighted by Crippen LogP contribution is 2.31. The molecule has 0 spiro atoms. The molecule has 0 atom stereocenters. The van der Waals surface area contributed by atoms with Crippen LogP contribution >= 0.6 is 0 Å². The van der Waals surface area contributed by atoms with Gasteiger partial charge in [-0.3, -0.25) is 4.90 Å². The molecule has 1 saturated carbocycles. The van der Waals surface area contributed by atoms with E-state index in [2.05, 4.69) is 43.1 Å². The number of fused-ring (bicyclic) bond motifs is 1. The average Bonchev–Trinajstić information content (AvgIpc) is 3.09. The number of ether oxygens (including phenoxy) is 1. The first-order valence-electron chi connectivity index (χ1n) is 10.1. The van der Waals surface area contributed by atoms with E-state index in [1.165, 1.54) is 12.1 Å². The number of piperazine rings is 1. The fourth-order valence-corrected chi connectivity index (χ4v) is 3.83. The van der Waals surface area contributed by atoms with Crippen LogP contribution in [0.25, 0.3) is 10.9 Å². The zero-order valence-corrected chi connectivity index (χ0v) is 16.2. The van der Waals surface area contributed by atoms with E-state index in [1.54, 1.807) is 6.33 Å². The Labute approximate surface area is 164 Å². The van der Waals surface area contributed by atoms with Crippen molar-refractivity contribution in [1.29, 1.82) is 0 Å². The summed E-state index contributed by atoms with van der Waals surface area (Å²) in [4.78, 5) is 13.6. The minimum absolute atomic E-state index is 0.310. The van der Waals surface area contributed by atoms with Gasteiger partial charge in [0.1, 0.15) is 12.4 Å². The van der Waals surface area contributed by atoms with Crippen molar-refractivity contribution in [3.8, 4) is 5.88 Å². The Balaban J connectivity index is 1.29. The Morgan fingerprint density at radius 3 is 2.68 bits per heavy atom. The van der Waals surface area contributed by atoms with Crippen LogP contribution in [0.5, 0.6) is 5.88 Å². The van der Waals surface area contributed by atoms with Crippen LogP contribution in [-0.4, -0.2) is 52.3 Å². The van der Waals surface area contributed by atoms with Gasteiger partial charge in [0.2, 0.25) is 5.88 Å². The van der Waals surface area contributed by atoms with E-state index in [0.29, 0.717) is 6.10 Å². The van der Waals surface area contributed by atoms with Crippen LogP contribution in [0.15, 0.2) is 35.1 Å². The van der Waals surface area contributed by atoms with Crippen LogP contribution in [-0.2, 0) is 6.54 Å². The normalized spacial score (nSPS) is 18.4. The lowest BCUT2D eigenvalue weighted by molar-refractivity contribution is 0.116. The van der Waals surface area contributed by atoms with Gasteiger partial charge in [0.05, 0.1) is 23.1 Å². The lowest BCUT2D eigenvalue weighted by Gasteiger charge is -2.35. The first-order valence-corrected chi connectivity index (χ1v) is 10.1. The maximum Gasteiger partial charge on any atom is 0.224 e. The molecule has 1 aliphatic heterocycles. The number of rotatable bonds is 5. The Bertz CT molecular complexity index is 960. The molecule has 0 bridgehead atoms. The Hall–Kier alpha value is -2.67. The second kappa shape index (κ2) is 7.39. The Kier molecular flexibility index (Phi) is 4.60. The minimum atomic E-state index is 0.310. The predicted octanol–water partition coefficient (Wildman–Crippen LogP) is 3.18. The van der Waals surface area contributed by atoms with Crippen molar-refractivity contribution in [2.75, 3.05) is 31.1 Å². The van der Waals surface area contributed by atoms with E-state index in [0.717, 1.165) is 73.8 Å². The fraction of sp³-hybridized carbons (Fsp3) is 0.476. The van der Waals surface area contributed by atoms with Crippen molar-refractivity contribution in [2.45, 2.75) is 38.8 Å². The van der Waals surface area contributed by atoms with Crippen LogP contribution in [0.2, 0.25) is 0 Å². The number of anilines is 1. The van der Waals surface area contributed by atoms with Crippen molar-refractivity contribution < 1.29 is 9.26 Å². The molecule has 2 fully saturated rings. The van der Waals surface area contributed by atoms with Crippen molar-refractivity contribution in [1.82, 2.24) is 20.0 Å². The Morgan fingerprint density at radius 2 is 1.96 bits per heavy atom. The second-order valence-corrected chi connectivity index (χ2v) is 7.75. The molecule has 7 heteroatoms. The molecule has 5 rings (SSSR count). The number of benzene rings is 1. The smallest absolute Gasteiger partial charge is 0.224 e. The van der Waals surface area contributed by atoms with Gasteiger partial charge >= 0.3 is 0 Å². The maximum absolute atomic E-state index is 6.10. The van der Waals surface area contributed by atoms with E-state index in [9.17, 15) is 0 Å². The van der Waals surface area contributed by atoms with Crippen molar-refractivity contribution in [3.63, 3.8) is 0 Å². The third-order valence-corrected chi connectivity index (χ3v) is 5.71. The number of aryl methyl sites for hydroxylation is 1. The van der Waals surface area contributed by atoms with Crippen LogP contribution in [0.4, 0.5) is 5.69 Å². The first kappa shape index (κ1) is 17.4. The fourth-order valence-electron chi connectivity index (χ4n) is 3.83. The molecule has 1 aliphatic carbocycles. The molecule has 146 valence electrons. The number of aromatic nitrogens is 3. The first-order chi connectivity index (χ1) is 13.7. The molecule has 1 saturated heterocycles. The summed E-state index contributed by atoms with van der Waals surface area (Å²) in [5.74, 6) is 1.66. The highest BCUT2D eigenvalue weighted by atomic mass is 16.5. The quantitative estimate of drug-likeness (QED) is 0.674. The van der Waals surface area contributed by atoms with Gasteiger partial charge in [-0.25, -0.2) is 9.97 Å². The second-order valence-electron chi connectivity index (χ2n) is 7.75. The summed E-state index contributed by atoms with van der Waals surface area (Å²) in [5.41, 5.74) is 3.08. The third-order valence-electron chi connectivity index (χ3n) is 5.71. The number of nitrogens with zero attached hydrogens (tertiary/aromatic N) is 5. The van der Waals surface area contributed by atoms with Gasteiger partial charge in [-0.1, -0.05) is 5.16 Å². The summed E-state index contributed by atoms with van der Waals surface area (Å²) < 4.78 is 11.4. The van der Waals surface area contributed by atoms with E-state index in [4.69, 9.17) is 9.26 Å². The standard InChI is InChI=1S/C21H25N5O2/c1-15-11-18(28-24-15)13-25-7-9-26(10-8-25)16-5-6-20-19(12-16)21(23-14-22-20)27-17-3-2-4-17/h5-6,11-12,14,17H,2-4,7-10,13H2,1H3. The average molecular weight is 379 g/mol. The van der Waals surface area contributed by atoms with Gasteiger partial charge in [0.15, 0.2) is 5.76 Å². The molecule has 3 aromatic rings. The van der Waals surface area contributed by atoms with Gasteiger partial charge in [-0.2, -0.15) is 0 Å². The highest BCUT2D eigenvalue weighted by Gasteiger charge is 2.22. The summed E-state index contributed by atoms with van der Waals surface area (Å²) in [6.45, 7) is 6.72. The van der Waals surface area contributed by atoms with Gasteiger partial charge in [0.25, 0.3) is 0 Å². The predicted molar refractivity (Wildman–Crippen MR) is 107 cm³/mol. The summed E-state index contributed by atoms with van der Waals surface area (Å²) in [6, 6.07) is 8.42. The highest BCUT2D eigenvalue weighted by molar-refractivity contribution is 5.86. The van der Waals surface area contributed by atoms with Gasteiger partial charge in [-0.15, -0.1) is 0 Å². The van der Waals surface area contributed by atoms with Crippen LogP contribution in [0, 0.1) is 6.92 Å². The molecule has 28 heavy (non-hydrogen) atoms. The molecule has 2 aliphatic rings. The molecule has 2 aromatic heterocycles.